The fraction of sp³-hybridized carbons (Fsp3) is 0.483. The highest BCUT2D eigenvalue weighted by molar-refractivity contribution is 8.02. The van der Waals surface area contributed by atoms with Gasteiger partial charge in [0.2, 0.25) is 17.7 Å². The summed E-state index contributed by atoms with van der Waals surface area (Å²) in [6.07, 6.45) is 2.17. The van der Waals surface area contributed by atoms with Crippen molar-refractivity contribution in [2.75, 3.05) is 24.4 Å². The second-order valence-electron chi connectivity index (χ2n) is 10.5. The molecule has 0 aliphatic carbocycles. The van der Waals surface area contributed by atoms with Gasteiger partial charge in [-0.15, -0.1) is 11.8 Å². The van der Waals surface area contributed by atoms with Crippen LogP contribution in [0.4, 0.5) is 11.4 Å². The van der Waals surface area contributed by atoms with Crippen LogP contribution in [0.1, 0.15) is 33.1 Å². The van der Waals surface area contributed by atoms with Crippen LogP contribution in [0.5, 0.6) is 5.75 Å². The van der Waals surface area contributed by atoms with E-state index < -0.39 is 28.7 Å². The summed E-state index contributed by atoms with van der Waals surface area (Å²) in [6.45, 7) is 3.75. The smallest absolute Gasteiger partial charge is 0.248 e. The number of carbonyl (C=O) groups is 3. The lowest BCUT2D eigenvalue weighted by Crippen LogP contribution is -2.56. The number of likely N-dealkylation sites (tertiary alicyclic amines) is 1. The molecule has 3 saturated heterocycles. The third kappa shape index (κ3) is 4.35. The predicted molar refractivity (Wildman–Crippen MR) is 148 cm³/mol. The molecule has 3 fully saturated rings. The van der Waals surface area contributed by atoms with E-state index in [-0.39, 0.29) is 35.5 Å². The third-order valence-electron chi connectivity index (χ3n) is 8.53. The molecular weight excluding hydrogens is 502 g/mol. The number of para-hydroxylation sites is 1. The monoisotopic (exact) mass is 537 g/mol. The lowest BCUT2D eigenvalue weighted by Gasteiger charge is -2.39. The number of methoxy groups -OCH3 is 1. The number of aliphatic hydroxyl groups is 1. The maximum absolute atomic E-state index is 14.2. The first-order valence-electron chi connectivity index (χ1n) is 13.3. The predicted octanol–water partition coefficient (Wildman–Crippen LogP) is 3.77. The highest BCUT2D eigenvalue weighted by Gasteiger charge is 2.74. The lowest BCUT2D eigenvalue weighted by atomic mass is 9.70. The average molecular weight is 538 g/mol. The Labute approximate surface area is 227 Å². The Morgan fingerprint density at radius 1 is 1.11 bits per heavy atom. The summed E-state index contributed by atoms with van der Waals surface area (Å²) < 4.78 is 4.50. The minimum atomic E-state index is -0.794. The minimum absolute atomic E-state index is 0.0192. The summed E-state index contributed by atoms with van der Waals surface area (Å²) in [6, 6.07) is 15.0. The number of fused-ring (bicyclic) bond motifs is 1. The summed E-state index contributed by atoms with van der Waals surface area (Å²) in [5.41, 5.74) is 1.28. The number of ether oxygens (including phenoxy) is 1. The molecule has 7 atom stereocenters. The summed E-state index contributed by atoms with van der Waals surface area (Å²) >= 11 is 1.62. The molecule has 2 bridgehead atoms. The quantitative estimate of drug-likeness (QED) is 0.450. The Kier molecular flexibility index (Phi) is 7.42. The van der Waals surface area contributed by atoms with Crippen molar-refractivity contribution >= 4 is 40.9 Å². The fourth-order valence-electron chi connectivity index (χ4n) is 6.49. The van der Waals surface area contributed by atoms with Gasteiger partial charge in [0.15, 0.2) is 0 Å². The Hall–Kier alpha value is -3.04. The van der Waals surface area contributed by atoms with Crippen LogP contribution in [-0.2, 0) is 14.4 Å². The highest BCUT2D eigenvalue weighted by atomic mass is 32.2. The molecular formula is C29H35N3O5S. The van der Waals surface area contributed by atoms with Crippen LogP contribution < -0.4 is 15.4 Å². The van der Waals surface area contributed by atoms with Crippen molar-refractivity contribution in [2.24, 2.45) is 17.8 Å². The van der Waals surface area contributed by atoms with Gasteiger partial charge in [-0.25, -0.2) is 0 Å². The van der Waals surface area contributed by atoms with Crippen LogP contribution in [-0.4, -0.2) is 63.5 Å². The van der Waals surface area contributed by atoms with Crippen molar-refractivity contribution in [2.45, 2.75) is 55.2 Å². The van der Waals surface area contributed by atoms with Gasteiger partial charge in [0.1, 0.15) is 11.8 Å². The van der Waals surface area contributed by atoms with E-state index in [1.165, 1.54) is 0 Å². The molecule has 3 N–H and O–H groups in total. The number of carbonyl (C=O) groups excluding carboxylic acids is 3. The Bertz CT molecular complexity index is 1190. The summed E-state index contributed by atoms with van der Waals surface area (Å²) in [5, 5.41) is 16.4. The highest BCUT2D eigenvalue weighted by Crippen LogP contribution is 2.67. The van der Waals surface area contributed by atoms with Gasteiger partial charge in [-0.05, 0) is 55.2 Å². The number of amides is 3. The largest absolute Gasteiger partial charge is 0.497 e. The number of hydrogen-bond donors (Lipinski definition) is 3. The first kappa shape index (κ1) is 26.6. The van der Waals surface area contributed by atoms with Gasteiger partial charge in [0, 0.05) is 16.6 Å². The number of thioether (sulfide) groups is 1. The Morgan fingerprint density at radius 2 is 1.76 bits per heavy atom. The lowest BCUT2D eigenvalue weighted by molar-refractivity contribution is -0.142. The summed E-state index contributed by atoms with van der Waals surface area (Å²) in [4.78, 5) is 43.5. The Balaban J connectivity index is 1.50. The maximum atomic E-state index is 14.2. The minimum Gasteiger partial charge on any atom is -0.497 e. The number of nitrogens with zero attached hydrogens (tertiary/aromatic N) is 1. The molecule has 1 spiro atoms. The molecule has 3 aliphatic heterocycles. The molecule has 0 aromatic heterocycles. The molecule has 9 heteroatoms. The van der Waals surface area contributed by atoms with E-state index in [0.29, 0.717) is 23.5 Å². The van der Waals surface area contributed by atoms with Gasteiger partial charge in [-0.2, -0.15) is 0 Å². The van der Waals surface area contributed by atoms with E-state index in [1.807, 2.05) is 44.2 Å². The average Bonchev–Trinajstić information content (AvgIpc) is 3.57. The SMILES string of the molecule is CC[C@H](C)[C@H](CO)N1C(=O)[C@@H]2[C@@H](C(=O)Nc3ccccc3)[C@H]3CCC2(S3)C1C(=O)Nc1ccc(OC)cc1. The van der Waals surface area contributed by atoms with Crippen LogP contribution in [0.3, 0.4) is 0 Å². The molecule has 8 nitrogen and oxygen atoms in total. The van der Waals surface area contributed by atoms with E-state index >= 15 is 0 Å². The van der Waals surface area contributed by atoms with E-state index in [4.69, 9.17) is 4.74 Å². The third-order valence-corrected chi connectivity index (χ3v) is 10.5. The first-order chi connectivity index (χ1) is 18.3. The number of rotatable bonds is 9. The number of nitrogens with one attached hydrogen (secondary N) is 2. The summed E-state index contributed by atoms with van der Waals surface area (Å²) in [7, 11) is 1.58. The standard InChI is InChI=1S/C29H35N3O5S/c1-4-17(2)21(16-33)32-25(27(35)31-19-10-12-20(37-3)13-11-19)29-15-14-22(38-29)23(24(29)28(32)36)26(34)30-18-8-6-5-7-9-18/h5-13,17,21-25,33H,4,14-16H2,1-3H3,(H,30,34)(H,31,35)/t17-,21-,22+,23-,24-,25?,29?/m0/s1. The zero-order chi connectivity index (χ0) is 27.0. The van der Waals surface area contributed by atoms with Gasteiger partial charge in [-0.3, -0.25) is 14.4 Å². The number of benzene rings is 2. The van der Waals surface area contributed by atoms with Gasteiger partial charge >= 0.3 is 0 Å². The van der Waals surface area contributed by atoms with Gasteiger partial charge in [-0.1, -0.05) is 38.5 Å². The van der Waals surface area contributed by atoms with Crippen LogP contribution in [0, 0.1) is 17.8 Å². The van der Waals surface area contributed by atoms with E-state index in [2.05, 4.69) is 10.6 Å². The van der Waals surface area contributed by atoms with Crippen molar-refractivity contribution in [3.05, 3.63) is 54.6 Å². The fourth-order valence-corrected chi connectivity index (χ4v) is 8.70. The zero-order valence-corrected chi connectivity index (χ0v) is 22.7. The van der Waals surface area contributed by atoms with Crippen molar-refractivity contribution in [1.29, 1.82) is 0 Å². The van der Waals surface area contributed by atoms with Gasteiger partial charge in [0.05, 0.1) is 36.3 Å². The Morgan fingerprint density at radius 3 is 2.39 bits per heavy atom. The maximum Gasteiger partial charge on any atom is 0.248 e. The molecule has 2 aromatic rings. The van der Waals surface area contributed by atoms with Crippen LogP contribution >= 0.6 is 11.8 Å². The first-order valence-corrected chi connectivity index (χ1v) is 14.1. The number of anilines is 2. The molecule has 2 unspecified atom stereocenters. The molecule has 3 heterocycles. The van der Waals surface area contributed by atoms with E-state index in [9.17, 15) is 19.5 Å². The second-order valence-corrected chi connectivity index (χ2v) is 12.1. The topological polar surface area (TPSA) is 108 Å². The summed E-state index contributed by atoms with van der Waals surface area (Å²) in [5.74, 6) is -1.19. The van der Waals surface area contributed by atoms with Gasteiger partial charge < -0.3 is 25.4 Å². The molecule has 0 radical (unpaired) electrons. The van der Waals surface area contributed by atoms with Crippen LogP contribution in [0.25, 0.3) is 0 Å². The van der Waals surface area contributed by atoms with Crippen molar-refractivity contribution in [1.82, 2.24) is 4.90 Å². The molecule has 3 aliphatic rings. The molecule has 202 valence electrons. The zero-order valence-electron chi connectivity index (χ0n) is 21.9. The van der Waals surface area contributed by atoms with E-state index in [1.54, 1.807) is 48.0 Å². The molecule has 2 aromatic carbocycles. The van der Waals surface area contributed by atoms with Crippen LogP contribution in [0.2, 0.25) is 0 Å². The molecule has 3 amide bonds. The van der Waals surface area contributed by atoms with Crippen molar-refractivity contribution in [3.8, 4) is 5.75 Å². The van der Waals surface area contributed by atoms with Gasteiger partial charge in [0.25, 0.3) is 0 Å². The number of hydrogen-bond acceptors (Lipinski definition) is 6. The molecule has 38 heavy (non-hydrogen) atoms. The molecule has 0 saturated carbocycles. The van der Waals surface area contributed by atoms with Crippen molar-refractivity contribution in [3.63, 3.8) is 0 Å². The normalized spacial score (nSPS) is 29.1. The molecule has 5 rings (SSSR count). The number of aliphatic hydroxyl groups excluding tert-OH is 1. The second kappa shape index (κ2) is 10.6. The van der Waals surface area contributed by atoms with Crippen LogP contribution in [0.15, 0.2) is 54.6 Å². The van der Waals surface area contributed by atoms with E-state index in [0.717, 1.165) is 12.8 Å². The van der Waals surface area contributed by atoms with Crippen molar-refractivity contribution < 1.29 is 24.2 Å².